The molecule has 0 amide bonds. The van der Waals surface area contributed by atoms with Crippen molar-refractivity contribution in [2.45, 2.75) is 24.7 Å². The molecule has 0 spiro atoms. The number of hydrogen-bond donors (Lipinski definition) is 2. The number of carboxylic acid groups (broad SMARTS) is 1. The standard InChI is InChI=1S/C19H21NO2/c20-13-19(12-17(21)22)11-16(14-7-3-1-4-8-14)18(19)15-9-5-2-6-10-15/h1-10,16,18H,11-13,20H2,(H,21,22)/t16-,18-,19?/m1/s1. The molecule has 3 atom stereocenters. The molecule has 0 aromatic heterocycles. The smallest absolute Gasteiger partial charge is 0.303 e. The molecule has 114 valence electrons. The topological polar surface area (TPSA) is 63.3 Å². The molecule has 3 rings (SSSR count). The summed E-state index contributed by atoms with van der Waals surface area (Å²) in [5.41, 5.74) is 8.14. The van der Waals surface area contributed by atoms with Crippen LogP contribution in [0.1, 0.15) is 35.8 Å². The van der Waals surface area contributed by atoms with E-state index in [2.05, 4.69) is 24.3 Å². The molecule has 3 heteroatoms. The van der Waals surface area contributed by atoms with Gasteiger partial charge >= 0.3 is 5.97 Å². The summed E-state index contributed by atoms with van der Waals surface area (Å²) in [5, 5.41) is 9.31. The van der Waals surface area contributed by atoms with Crippen LogP contribution in [0.15, 0.2) is 60.7 Å². The number of hydrogen-bond acceptors (Lipinski definition) is 2. The largest absolute Gasteiger partial charge is 0.481 e. The van der Waals surface area contributed by atoms with Gasteiger partial charge in [0.25, 0.3) is 0 Å². The van der Waals surface area contributed by atoms with Gasteiger partial charge in [-0.05, 0) is 35.9 Å². The Kier molecular flexibility index (Phi) is 3.99. The summed E-state index contributed by atoms with van der Waals surface area (Å²) in [7, 11) is 0. The van der Waals surface area contributed by atoms with Crippen molar-refractivity contribution in [2.24, 2.45) is 11.1 Å². The summed E-state index contributed by atoms with van der Waals surface area (Å²) < 4.78 is 0. The molecule has 1 fully saturated rings. The summed E-state index contributed by atoms with van der Waals surface area (Å²) in [4.78, 5) is 11.3. The molecule has 0 radical (unpaired) electrons. The summed E-state index contributed by atoms with van der Waals surface area (Å²) in [6.07, 6.45) is 0.964. The highest BCUT2D eigenvalue weighted by Crippen LogP contribution is 2.62. The lowest BCUT2D eigenvalue weighted by Crippen LogP contribution is -2.50. The summed E-state index contributed by atoms with van der Waals surface area (Å²) in [6, 6.07) is 20.5. The molecule has 0 bridgehead atoms. The van der Waals surface area contributed by atoms with Gasteiger partial charge in [0.2, 0.25) is 0 Å². The molecule has 2 aromatic rings. The monoisotopic (exact) mass is 295 g/mol. The number of nitrogens with two attached hydrogens (primary N) is 1. The molecule has 1 unspecified atom stereocenters. The van der Waals surface area contributed by atoms with Gasteiger partial charge in [0.15, 0.2) is 0 Å². The minimum Gasteiger partial charge on any atom is -0.481 e. The Morgan fingerprint density at radius 3 is 2.09 bits per heavy atom. The fourth-order valence-corrected chi connectivity index (χ4v) is 3.97. The van der Waals surface area contributed by atoms with Crippen LogP contribution >= 0.6 is 0 Å². The highest BCUT2D eigenvalue weighted by Gasteiger charge is 2.54. The highest BCUT2D eigenvalue weighted by molar-refractivity contribution is 5.68. The number of carbonyl (C=O) groups is 1. The van der Waals surface area contributed by atoms with E-state index in [9.17, 15) is 9.90 Å². The maximum Gasteiger partial charge on any atom is 0.303 e. The first kappa shape index (κ1) is 14.8. The van der Waals surface area contributed by atoms with Crippen LogP contribution in [0.5, 0.6) is 0 Å². The molecule has 2 aromatic carbocycles. The third-order valence-electron chi connectivity index (χ3n) is 4.98. The maximum atomic E-state index is 11.3. The molecular formula is C19H21NO2. The summed E-state index contributed by atoms with van der Waals surface area (Å²) in [5.74, 6) is -0.262. The van der Waals surface area contributed by atoms with Crippen molar-refractivity contribution in [3.63, 3.8) is 0 Å². The average Bonchev–Trinajstić information content (AvgIpc) is 2.52. The summed E-state index contributed by atoms with van der Waals surface area (Å²) in [6.45, 7) is 0.405. The quantitative estimate of drug-likeness (QED) is 0.889. The molecule has 1 saturated carbocycles. The Labute approximate surface area is 130 Å². The van der Waals surface area contributed by atoms with Crippen molar-refractivity contribution in [1.29, 1.82) is 0 Å². The van der Waals surface area contributed by atoms with Crippen molar-refractivity contribution in [3.8, 4) is 0 Å². The van der Waals surface area contributed by atoms with E-state index in [1.807, 2.05) is 36.4 Å². The molecule has 1 aliphatic rings. The van der Waals surface area contributed by atoms with E-state index in [4.69, 9.17) is 5.73 Å². The fraction of sp³-hybridized carbons (Fsp3) is 0.316. The number of aliphatic carboxylic acids is 1. The average molecular weight is 295 g/mol. The normalized spacial score (nSPS) is 27.1. The van der Waals surface area contributed by atoms with Crippen LogP contribution in [0.3, 0.4) is 0 Å². The second-order valence-corrected chi connectivity index (χ2v) is 6.25. The first-order valence-corrected chi connectivity index (χ1v) is 7.68. The van der Waals surface area contributed by atoms with Crippen molar-refractivity contribution < 1.29 is 9.90 Å². The van der Waals surface area contributed by atoms with Crippen LogP contribution < -0.4 is 5.73 Å². The number of rotatable bonds is 5. The highest BCUT2D eigenvalue weighted by atomic mass is 16.4. The van der Waals surface area contributed by atoms with Gasteiger partial charge in [-0.15, -0.1) is 0 Å². The van der Waals surface area contributed by atoms with Crippen LogP contribution in [0.4, 0.5) is 0 Å². The van der Waals surface area contributed by atoms with Crippen LogP contribution in [-0.2, 0) is 4.79 Å². The van der Waals surface area contributed by atoms with Crippen molar-refractivity contribution >= 4 is 5.97 Å². The third-order valence-corrected chi connectivity index (χ3v) is 4.98. The molecular weight excluding hydrogens is 274 g/mol. The molecule has 3 N–H and O–H groups in total. The lowest BCUT2D eigenvalue weighted by Gasteiger charge is -2.55. The molecule has 22 heavy (non-hydrogen) atoms. The zero-order valence-electron chi connectivity index (χ0n) is 12.5. The third kappa shape index (κ3) is 2.53. The SMILES string of the molecule is NCC1(CC(=O)O)C[C@H](c2ccccc2)[C@H]1c1ccccc1. The molecule has 0 saturated heterocycles. The van der Waals surface area contributed by atoms with Crippen molar-refractivity contribution in [1.82, 2.24) is 0 Å². The van der Waals surface area contributed by atoms with Gasteiger partial charge in [-0.25, -0.2) is 0 Å². The van der Waals surface area contributed by atoms with Crippen molar-refractivity contribution in [3.05, 3.63) is 71.8 Å². The van der Waals surface area contributed by atoms with E-state index < -0.39 is 5.97 Å². The van der Waals surface area contributed by atoms with Crippen LogP contribution in [0, 0.1) is 5.41 Å². The first-order chi connectivity index (χ1) is 10.7. The van der Waals surface area contributed by atoms with Gasteiger partial charge < -0.3 is 10.8 Å². The van der Waals surface area contributed by atoms with Gasteiger partial charge in [-0.3, -0.25) is 4.79 Å². The van der Waals surface area contributed by atoms with E-state index >= 15 is 0 Å². The fourth-order valence-electron chi connectivity index (χ4n) is 3.97. The van der Waals surface area contributed by atoms with E-state index in [-0.39, 0.29) is 17.8 Å². The predicted molar refractivity (Wildman–Crippen MR) is 86.7 cm³/mol. The zero-order chi connectivity index (χ0) is 15.6. The zero-order valence-corrected chi connectivity index (χ0v) is 12.5. The Morgan fingerprint density at radius 2 is 1.59 bits per heavy atom. The lowest BCUT2D eigenvalue weighted by atomic mass is 9.49. The second kappa shape index (κ2) is 5.93. The second-order valence-electron chi connectivity index (χ2n) is 6.25. The van der Waals surface area contributed by atoms with Crippen LogP contribution in [0.25, 0.3) is 0 Å². The minimum atomic E-state index is -0.766. The predicted octanol–water partition coefficient (Wildman–Crippen LogP) is 3.38. The Morgan fingerprint density at radius 1 is 1.05 bits per heavy atom. The Hall–Kier alpha value is -2.13. The van der Waals surface area contributed by atoms with Gasteiger partial charge in [0.1, 0.15) is 0 Å². The first-order valence-electron chi connectivity index (χ1n) is 7.68. The van der Waals surface area contributed by atoms with Gasteiger partial charge in [-0.1, -0.05) is 60.7 Å². The molecule has 3 nitrogen and oxygen atoms in total. The van der Waals surface area contributed by atoms with Crippen LogP contribution in [0.2, 0.25) is 0 Å². The molecule has 1 aliphatic carbocycles. The minimum absolute atomic E-state index is 0.131. The van der Waals surface area contributed by atoms with Crippen molar-refractivity contribution in [2.75, 3.05) is 6.54 Å². The van der Waals surface area contributed by atoms with Gasteiger partial charge in [-0.2, -0.15) is 0 Å². The Balaban J connectivity index is 1.99. The van der Waals surface area contributed by atoms with E-state index in [1.54, 1.807) is 0 Å². The Bertz CT molecular complexity index is 641. The van der Waals surface area contributed by atoms with E-state index in [0.717, 1.165) is 6.42 Å². The number of carboxylic acids is 1. The molecule has 0 aliphatic heterocycles. The lowest BCUT2D eigenvalue weighted by molar-refractivity contribution is -0.142. The van der Waals surface area contributed by atoms with Crippen LogP contribution in [-0.4, -0.2) is 17.6 Å². The van der Waals surface area contributed by atoms with E-state index in [0.29, 0.717) is 12.5 Å². The van der Waals surface area contributed by atoms with Gasteiger partial charge in [0, 0.05) is 5.41 Å². The van der Waals surface area contributed by atoms with Gasteiger partial charge in [0.05, 0.1) is 6.42 Å². The maximum absolute atomic E-state index is 11.3. The summed E-state index contributed by atoms with van der Waals surface area (Å²) >= 11 is 0. The number of benzene rings is 2. The van der Waals surface area contributed by atoms with E-state index in [1.165, 1.54) is 11.1 Å². The molecule has 0 heterocycles.